The lowest BCUT2D eigenvalue weighted by molar-refractivity contribution is -0.113. The molecule has 16 heavy (non-hydrogen) atoms. The quantitative estimate of drug-likeness (QED) is 0.362. The number of Topliss-reactive ketones (excluding diaryl/α,β-unsaturated/α-hetero) is 1. The van der Waals surface area contributed by atoms with Crippen molar-refractivity contribution in [3.63, 3.8) is 0 Å². The number of nitrogens with zero attached hydrogens (tertiary/aromatic N) is 1. The SMILES string of the molecule is CC(=O)/C(Sc1cc(C)[nH]c(=O)n1)=C(\C)O. The zero-order chi connectivity index (χ0) is 12.3. The van der Waals surface area contributed by atoms with Gasteiger partial charge < -0.3 is 10.1 Å². The Morgan fingerprint density at radius 1 is 1.50 bits per heavy atom. The summed E-state index contributed by atoms with van der Waals surface area (Å²) in [6.45, 7) is 4.49. The van der Waals surface area contributed by atoms with Gasteiger partial charge in [-0.3, -0.25) is 4.79 Å². The summed E-state index contributed by atoms with van der Waals surface area (Å²) in [6.07, 6.45) is 0. The minimum absolute atomic E-state index is 0.0720. The Kier molecular flexibility index (Phi) is 3.89. The van der Waals surface area contributed by atoms with E-state index in [-0.39, 0.29) is 16.4 Å². The van der Waals surface area contributed by atoms with Crippen LogP contribution in [0.5, 0.6) is 0 Å². The molecule has 1 rings (SSSR count). The number of nitrogens with one attached hydrogen (secondary N) is 1. The van der Waals surface area contributed by atoms with E-state index in [1.54, 1.807) is 13.0 Å². The molecule has 0 saturated heterocycles. The number of rotatable bonds is 3. The summed E-state index contributed by atoms with van der Waals surface area (Å²) in [5.74, 6) is -0.332. The molecule has 0 aliphatic rings. The van der Waals surface area contributed by atoms with Crippen LogP contribution in [0.1, 0.15) is 19.5 Å². The number of aliphatic hydroxyl groups excluding tert-OH is 1. The van der Waals surface area contributed by atoms with Gasteiger partial charge in [-0.2, -0.15) is 4.98 Å². The number of aromatic nitrogens is 2. The van der Waals surface area contributed by atoms with Crippen molar-refractivity contribution in [2.24, 2.45) is 0 Å². The first-order chi connectivity index (χ1) is 7.40. The number of hydrogen-bond donors (Lipinski definition) is 2. The van der Waals surface area contributed by atoms with Crippen molar-refractivity contribution in [3.8, 4) is 0 Å². The number of aryl methyl sites for hydroxylation is 1. The summed E-state index contributed by atoms with van der Waals surface area (Å²) in [5.41, 5.74) is 0.182. The molecule has 5 nitrogen and oxygen atoms in total. The van der Waals surface area contributed by atoms with E-state index in [9.17, 15) is 14.7 Å². The molecule has 1 heterocycles. The molecule has 0 amide bonds. The van der Waals surface area contributed by atoms with Crippen LogP contribution in [0.25, 0.3) is 0 Å². The molecule has 0 aliphatic carbocycles. The van der Waals surface area contributed by atoms with Crippen LogP contribution >= 0.6 is 11.8 Å². The van der Waals surface area contributed by atoms with E-state index < -0.39 is 5.69 Å². The highest BCUT2D eigenvalue weighted by Crippen LogP contribution is 2.26. The Labute approximate surface area is 96.6 Å². The van der Waals surface area contributed by atoms with Gasteiger partial charge in [0.2, 0.25) is 0 Å². The highest BCUT2D eigenvalue weighted by atomic mass is 32.2. The van der Waals surface area contributed by atoms with E-state index in [0.717, 1.165) is 11.8 Å². The maximum atomic E-state index is 11.2. The van der Waals surface area contributed by atoms with Gasteiger partial charge in [0.05, 0.1) is 4.91 Å². The Morgan fingerprint density at radius 3 is 2.56 bits per heavy atom. The van der Waals surface area contributed by atoms with Crippen molar-refractivity contribution in [1.29, 1.82) is 0 Å². The fourth-order valence-corrected chi connectivity index (χ4v) is 1.97. The molecular formula is C10H12N2O3S. The molecule has 0 unspecified atom stereocenters. The average Bonchev–Trinajstić information content (AvgIpc) is 2.11. The van der Waals surface area contributed by atoms with Gasteiger partial charge in [-0.25, -0.2) is 4.79 Å². The molecule has 0 aliphatic heterocycles. The largest absolute Gasteiger partial charge is 0.511 e. The summed E-state index contributed by atoms with van der Waals surface area (Å²) in [7, 11) is 0. The Morgan fingerprint density at radius 2 is 2.12 bits per heavy atom. The van der Waals surface area contributed by atoms with Gasteiger partial charge in [0, 0.05) is 5.69 Å². The summed E-state index contributed by atoms with van der Waals surface area (Å²) >= 11 is 0.982. The van der Waals surface area contributed by atoms with Crippen molar-refractivity contribution in [1.82, 2.24) is 9.97 Å². The van der Waals surface area contributed by atoms with E-state index in [2.05, 4.69) is 9.97 Å². The third-order valence-electron chi connectivity index (χ3n) is 1.71. The standard InChI is InChI=1S/C10H12N2O3S/c1-5-4-8(12-10(15)11-5)16-9(6(2)13)7(3)14/h4,13H,1-3H3,(H,11,12,15)/b9-6-. The van der Waals surface area contributed by atoms with Crippen LogP contribution in [0.15, 0.2) is 26.6 Å². The molecule has 6 heteroatoms. The lowest BCUT2D eigenvalue weighted by Gasteiger charge is -2.04. The van der Waals surface area contributed by atoms with Crippen molar-refractivity contribution < 1.29 is 9.90 Å². The highest BCUT2D eigenvalue weighted by molar-refractivity contribution is 8.04. The first-order valence-electron chi connectivity index (χ1n) is 4.56. The molecule has 2 N–H and O–H groups in total. The molecule has 0 radical (unpaired) electrons. The monoisotopic (exact) mass is 240 g/mol. The first-order valence-corrected chi connectivity index (χ1v) is 5.38. The normalized spacial score (nSPS) is 12.2. The summed E-state index contributed by atoms with van der Waals surface area (Å²) in [6, 6.07) is 1.64. The second-order valence-corrected chi connectivity index (χ2v) is 4.31. The molecule has 0 spiro atoms. The van der Waals surface area contributed by atoms with Gasteiger partial charge in [-0.1, -0.05) is 11.8 Å². The summed E-state index contributed by atoms with van der Waals surface area (Å²) < 4.78 is 0. The lowest BCUT2D eigenvalue weighted by Crippen LogP contribution is -2.12. The van der Waals surface area contributed by atoms with Crippen LogP contribution in [-0.4, -0.2) is 20.9 Å². The van der Waals surface area contributed by atoms with Crippen LogP contribution in [0.2, 0.25) is 0 Å². The summed E-state index contributed by atoms with van der Waals surface area (Å²) in [4.78, 5) is 28.7. The number of allylic oxidation sites excluding steroid dienone is 2. The van der Waals surface area contributed by atoms with Crippen molar-refractivity contribution in [2.75, 3.05) is 0 Å². The van der Waals surface area contributed by atoms with Gasteiger partial charge in [-0.05, 0) is 26.8 Å². The lowest BCUT2D eigenvalue weighted by atomic mass is 10.4. The third-order valence-corrected chi connectivity index (χ3v) is 2.92. The minimum atomic E-state index is -0.471. The highest BCUT2D eigenvalue weighted by Gasteiger charge is 2.11. The van der Waals surface area contributed by atoms with Crippen LogP contribution in [0.4, 0.5) is 0 Å². The fraction of sp³-hybridized carbons (Fsp3) is 0.300. The fourth-order valence-electron chi connectivity index (χ4n) is 1.11. The molecule has 0 atom stereocenters. The molecule has 86 valence electrons. The molecular weight excluding hydrogens is 228 g/mol. The minimum Gasteiger partial charge on any atom is -0.511 e. The Bertz CT molecular complexity index is 501. The number of hydrogen-bond acceptors (Lipinski definition) is 5. The van der Waals surface area contributed by atoms with Gasteiger partial charge in [0.1, 0.15) is 10.8 Å². The molecule has 0 fully saturated rings. The van der Waals surface area contributed by atoms with Gasteiger partial charge in [0.25, 0.3) is 0 Å². The number of thioether (sulfide) groups is 1. The number of ketones is 1. The first kappa shape index (κ1) is 12.5. The van der Waals surface area contributed by atoms with E-state index in [0.29, 0.717) is 10.7 Å². The molecule has 0 bridgehead atoms. The molecule has 0 aromatic carbocycles. The van der Waals surface area contributed by atoms with Gasteiger partial charge in [0.15, 0.2) is 5.78 Å². The zero-order valence-electron chi connectivity index (χ0n) is 9.20. The number of carbonyl (C=O) groups is 1. The third kappa shape index (κ3) is 3.23. The average molecular weight is 240 g/mol. The van der Waals surface area contributed by atoms with Crippen LogP contribution < -0.4 is 5.69 Å². The number of aliphatic hydroxyl groups is 1. The molecule has 1 aromatic rings. The van der Waals surface area contributed by atoms with E-state index in [1.807, 2.05) is 0 Å². The van der Waals surface area contributed by atoms with E-state index in [1.165, 1.54) is 13.8 Å². The van der Waals surface area contributed by atoms with Crippen molar-refractivity contribution >= 4 is 17.5 Å². The van der Waals surface area contributed by atoms with E-state index in [4.69, 9.17) is 0 Å². The zero-order valence-corrected chi connectivity index (χ0v) is 10.0. The van der Waals surface area contributed by atoms with E-state index >= 15 is 0 Å². The Hall–Kier alpha value is -1.56. The Balaban J connectivity index is 3.09. The van der Waals surface area contributed by atoms with Crippen LogP contribution in [0.3, 0.4) is 0 Å². The van der Waals surface area contributed by atoms with Gasteiger partial charge >= 0.3 is 5.69 Å². The molecule has 0 saturated carbocycles. The maximum absolute atomic E-state index is 11.2. The number of aromatic amines is 1. The number of H-pyrrole nitrogens is 1. The predicted molar refractivity (Wildman–Crippen MR) is 61.5 cm³/mol. The van der Waals surface area contributed by atoms with Crippen LogP contribution in [-0.2, 0) is 4.79 Å². The van der Waals surface area contributed by atoms with Crippen molar-refractivity contribution in [2.45, 2.75) is 25.8 Å². The van der Waals surface area contributed by atoms with Gasteiger partial charge in [-0.15, -0.1) is 0 Å². The van der Waals surface area contributed by atoms with Crippen LogP contribution in [0, 0.1) is 6.92 Å². The topological polar surface area (TPSA) is 83.0 Å². The second kappa shape index (κ2) is 4.98. The van der Waals surface area contributed by atoms with Crippen molar-refractivity contribution in [3.05, 3.63) is 32.9 Å². The summed E-state index contributed by atoms with van der Waals surface area (Å²) in [5, 5.41) is 9.70. The number of carbonyl (C=O) groups excluding carboxylic acids is 1. The smallest absolute Gasteiger partial charge is 0.346 e. The predicted octanol–water partition coefficient (Wildman–Crippen LogP) is 1.55. The molecule has 1 aromatic heterocycles. The maximum Gasteiger partial charge on any atom is 0.346 e. The second-order valence-electron chi connectivity index (χ2n) is 3.28.